The second-order valence-corrected chi connectivity index (χ2v) is 5.03. The number of benzene rings is 2. The molecule has 0 aliphatic heterocycles. The lowest BCUT2D eigenvalue weighted by molar-refractivity contribution is 0.479. The van der Waals surface area contributed by atoms with Gasteiger partial charge in [-0.15, -0.1) is 0 Å². The van der Waals surface area contributed by atoms with Crippen molar-refractivity contribution < 1.29 is 13.5 Å². The molecule has 0 saturated heterocycles. The Labute approximate surface area is 92.3 Å². The molecule has 5 nitrogen and oxygen atoms in total. The maximum atomic E-state index is 11.1. The van der Waals surface area contributed by atoms with E-state index in [1.807, 2.05) is 0 Å². The van der Waals surface area contributed by atoms with Gasteiger partial charge in [0.05, 0.1) is 4.90 Å². The normalized spacial score (nSPS) is 11.8. The summed E-state index contributed by atoms with van der Waals surface area (Å²) in [5.41, 5.74) is 6.05. The average Bonchev–Trinajstić information content (AvgIpc) is 2.17. The summed E-state index contributed by atoms with van der Waals surface area (Å²) in [5, 5.41) is 15.7. The summed E-state index contributed by atoms with van der Waals surface area (Å²) in [5.74, 6) is -0.158. The zero-order valence-electron chi connectivity index (χ0n) is 8.21. The van der Waals surface area contributed by atoms with Gasteiger partial charge in [-0.05, 0) is 23.6 Å². The molecule has 0 aliphatic carbocycles. The molecule has 0 aliphatic rings. The molecule has 5 N–H and O–H groups in total. The maximum Gasteiger partial charge on any atom is 0.238 e. The number of phenolic OH excluding ortho intramolecular Hbond substituents is 1. The van der Waals surface area contributed by atoms with Crippen LogP contribution in [0.15, 0.2) is 35.2 Å². The Kier molecular flexibility index (Phi) is 2.25. The summed E-state index contributed by atoms with van der Waals surface area (Å²) in [6.07, 6.45) is 0. The van der Waals surface area contributed by atoms with E-state index < -0.39 is 10.0 Å². The molecule has 0 radical (unpaired) electrons. The molecular weight excluding hydrogens is 228 g/mol. The molecule has 2 aromatic rings. The van der Waals surface area contributed by atoms with E-state index in [1.54, 1.807) is 18.2 Å². The molecule has 0 heterocycles. The average molecular weight is 238 g/mol. The van der Waals surface area contributed by atoms with Crippen LogP contribution < -0.4 is 10.9 Å². The molecule has 2 rings (SSSR count). The first-order valence-corrected chi connectivity index (χ1v) is 5.97. The van der Waals surface area contributed by atoms with Crippen molar-refractivity contribution in [3.8, 4) is 5.75 Å². The molecule has 16 heavy (non-hydrogen) atoms. The Morgan fingerprint density at radius 1 is 1.12 bits per heavy atom. The summed E-state index contributed by atoms with van der Waals surface area (Å²) in [6.45, 7) is 0. The molecule has 2 aromatic carbocycles. The number of hydrogen-bond donors (Lipinski definition) is 3. The van der Waals surface area contributed by atoms with Crippen molar-refractivity contribution in [1.29, 1.82) is 0 Å². The Morgan fingerprint density at radius 2 is 1.81 bits per heavy atom. The number of primary sulfonamides is 1. The van der Waals surface area contributed by atoms with Gasteiger partial charge in [-0.25, -0.2) is 13.6 Å². The van der Waals surface area contributed by atoms with Crippen molar-refractivity contribution in [1.82, 2.24) is 0 Å². The highest BCUT2D eigenvalue weighted by atomic mass is 32.2. The van der Waals surface area contributed by atoms with E-state index >= 15 is 0 Å². The van der Waals surface area contributed by atoms with Crippen molar-refractivity contribution in [2.24, 2.45) is 5.14 Å². The van der Waals surface area contributed by atoms with Gasteiger partial charge >= 0.3 is 0 Å². The molecule has 0 atom stereocenters. The summed E-state index contributed by atoms with van der Waals surface area (Å²) in [4.78, 5) is -0.123. The van der Waals surface area contributed by atoms with Crippen LogP contribution in [-0.2, 0) is 10.0 Å². The van der Waals surface area contributed by atoms with Gasteiger partial charge in [0.1, 0.15) is 5.75 Å². The second kappa shape index (κ2) is 3.36. The molecular formula is C10H10N2O3S. The van der Waals surface area contributed by atoms with Crippen LogP contribution in [0.4, 0.5) is 5.69 Å². The number of hydrogen-bond acceptors (Lipinski definition) is 4. The van der Waals surface area contributed by atoms with Crippen LogP contribution in [0.3, 0.4) is 0 Å². The largest absolute Gasteiger partial charge is 0.507 e. The van der Waals surface area contributed by atoms with E-state index in [2.05, 4.69) is 0 Å². The quantitative estimate of drug-likeness (QED) is 0.638. The number of anilines is 1. The monoisotopic (exact) mass is 238 g/mol. The molecule has 6 heteroatoms. The predicted molar refractivity (Wildman–Crippen MR) is 61.4 cm³/mol. The smallest absolute Gasteiger partial charge is 0.238 e. The minimum atomic E-state index is -3.82. The van der Waals surface area contributed by atoms with E-state index in [-0.39, 0.29) is 10.6 Å². The van der Waals surface area contributed by atoms with Crippen molar-refractivity contribution in [3.05, 3.63) is 30.3 Å². The van der Waals surface area contributed by atoms with Gasteiger partial charge in [-0.3, -0.25) is 0 Å². The number of rotatable bonds is 1. The molecule has 84 valence electrons. The van der Waals surface area contributed by atoms with Crippen LogP contribution in [0.1, 0.15) is 0 Å². The zero-order valence-corrected chi connectivity index (χ0v) is 9.03. The fraction of sp³-hybridized carbons (Fsp3) is 0. The van der Waals surface area contributed by atoms with Crippen LogP contribution in [0.25, 0.3) is 10.8 Å². The third-order valence-electron chi connectivity index (χ3n) is 2.26. The number of nitrogen functional groups attached to an aromatic ring is 1. The molecule has 0 saturated carbocycles. The topological polar surface area (TPSA) is 106 Å². The van der Waals surface area contributed by atoms with Crippen molar-refractivity contribution in [2.75, 3.05) is 5.73 Å². The Morgan fingerprint density at radius 3 is 2.44 bits per heavy atom. The molecule has 0 bridgehead atoms. The number of aromatic hydroxyl groups is 1. The van der Waals surface area contributed by atoms with Crippen LogP contribution in [0.2, 0.25) is 0 Å². The molecule has 0 aromatic heterocycles. The lowest BCUT2D eigenvalue weighted by Crippen LogP contribution is -2.11. The standard InChI is InChI=1S/C10H10N2O3S/c11-7-2-1-6-3-8(16(12,14)15)5-10(13)9(6)4-7/h1-5,13H,11H2,(H2,12,14,15). The fourth-order valence-corrected chi connectivity index (χ4v) is 2.06. The first kappa shape index (κ1) is 10.7. The summed E-state index contributed by atoms with van der Waals surface area (Å²) in [6, 6.07) is 7.31. The summed E-state index contributed by atoms with van der Waals surface area (Å²) >= 11 is 0. The first-order chi connectivity index (χ1) is 7.38. The van der Waals surface area contributed by atoms with Crippen LogP contribution in [0.5, 0.6) is 5.75 Å². The Hall–Kier alpha value is -1.79. The molecule has 0 fully saturated rings. The van der Waals surface area contributed by atoms with Gasteiger partial charge in [0, 0.05) is 17.1 Å². The van der Waals surface area contributed by atoms with Gasteiger partial charge in [-0.1, -0.05) is 6.07 Å². The highest BCUT2D eigenvalue weighted by Crippen LogP contribution is 2.29. The minimum absolute atomic E-state index is 0.123. The highest BCUT2D eigenvalue weighted by Gasteiger charge is 2.11. The summed E-state index contributed by atoms with van der Waals surface area (Å²) in [7, 11) is -3.82. The minimum Gasteiger partial charge on any atom is -0.507 e. The fourth-order valence-electron chi connectivity index (χ4n) is 1.49. The van der Waals surface area contributed by atoms with E-state index in [0.29, 0.717) is 16.5 Å². The highest BCUT2D eigenvalue weighted by molar-refractivity contribution is 7.89. The lowest BCUT2D eigenvalue weighted by Gasteiger charge is -2.05. The zero-order chi connectivity index (χ0) is 11.9. The van der Waals surface area contributed by atoms with E-state index in [9.17, 15) is 13.5 Å². The number of sulfonamides is 1. The Balaban J connectivity index is 2.84. The van der Waals surface area contributed by atoms with Gasteiger partial charge in [0.25, 0.3) is 0 Å². The second-order valence-electron chi connectivity index (χ2n) is 3.47. The van der Waals surface area contributed by atoms with Gasteiger partial charge in [0.2, 0.25) is 10.0 Å². The van der Waals surface area contributed by atoms with Crippen LogP contribution in [-0.4, -0.2) is 13.5 Å². The van der Waals surface area contributed by atoms with E-state index in [1.165, 1.54) is 6.07 Å². The Bertz CT molecular complexity index is 665. The lowest BCUT2D eigenvalue weighted by atomic mass is 10.1. The third kappa shape index (κ3) is 1.80. The van der Waals surface area contributed by atoms with Crippen molar-refractivity contribution >= 4 is 26.5 Å². The van der Waals surface area contributed by atoms with E-state index in [4.69, 9.17) is 10.9 Å². The van der Waals surface area contributed by atoms with Crippen molar-refractivity contribution in [3.63, 3.8) is 0 Å². The van der Waals surface area contributed by atoms with Crippen LogP contribution >= 0.6 is 0 Å². The number of fused-ring (bicyclic) bond motifs is 1. The summed E-state index contributed by atoms with van der Waals surface area (Å²) < 4.78 is 22.3. The first-order valence-electron chi connectivity index (χ1n) is 4.43. The van der Waals surface area contributed by atoms with Gasteiger partial charge in [0.15, 0.2) is 0 Å². The van der Waals surface area contributed by atoms with Gasteiger partial charge < -0.3 is 10.8 Å². The number of nitrogens with two attached hydrogens (primary N) is 2. The molecule has 0 unspecified atom stereocenters. The van der Waals surface area contributed by atoms with Crippen molar-refractivity contribution in [2.45, 2.75) is 4.90 Å². The molecule has 0 amide bonds. The maximum absolute atomic E-state index is 11.1. The van der Waals surface area contributed by atoms with Crippen LogP contribution in [0, 0.1) is 0 Å². The van der Waals surface area contributed by atoms with Gasteiger partial charge in [-0.2, -0.15) is 0 Å². The van der Waals surface area contributed by atoms with E-state index in [0.717, 1.165) is 6.07 Å². The number of phenols is 1. The third-order valence-corrected chi connectivity index (χ3v) is 3.15. The predicted octanol–water partition coefficient (Wildman–Crippen LogP) is 0.775. The molecule has 0 spiro atoms. The SMILES string of the molecule is Nc1ccc2cc(S(N)(=O)=O)cc(O)c2c1.